The van der Waals surface area contributed by atoms with E-state index in [1.165, 1.54) is 16.8 Å². The summed E-state index contributed by atoms with van der Waals surface area (Å²) in [7, 11) is 1.61. The fourth-order valence-electron chi connectivity index (χ4n) is 1.74. The van der Waals surface area contributed by atoms with Crippen molar-refractivity contribution < 1.29 is 13.2 Å². The Labute approximate surface area is 102 Å². The van der Waals surface area contributed by atoms with Gasteiger partial charge in [0.1, 0.15) is 5.69 Å². The summed E-state index contributed by atoms with van der Waals surface area (Å²) in [5.41, 5.74) is 6.52. The second-order valence-electron chi connectivity index (χ2n) is 3.95. The fourth-order valence-corrected chi connectivity index (χ4v) is 1.74. The van der Waals surface area contributed by atoms with Crippen LogP contribution in [0.5, 0.6) is 0 Å². The van der Waals surface area contributed by atoms with Gasteiger partial charge in [0.25, 0.3) is 6.43 Å². The van der Waals surface area contributed by atoms with Crippen molar-refractivity contribution >= 4 is 0 Å². The van der Waals surface area contributed by atoms with Crippen molar-refractivity contribution in [3.8, 4) is 11.3 Å². The molecule has 0 saturated heterocycles. The number of aromatic nitrogens is 2. The number of hydrogen-bond donors (Lipinski definition) is 1. The third-order valence-corrected chi connectivity index (χ3v) is 2.73. The van der Waals surface area contributed by atoms with Crippen LogP contribution in [0.3, 0.4) is 0 Å². The molecular formula is C12H12F3N3. The van der Waals surface area contributed by atoms with Crippen LogP contribution in [0.4, 0.5) is 13.2 Å². The van der Waals surface area contributed by atoms with Crippen LogP contribution < -0.4 is 5.73 Å². The molecule has 0 aliphatic carbocycles. The van der Waals surface area contributed by atoms with Crippen LogP contribution in [0.15, 0.2) is 30.5 Å². The van der Waals surface area contributed by atoms with Gasteiger partial charge in [-0.05, 0) is 5.56 Å². The second kappa shape index (κ2) is 4.81. The van der Waals surface area contributed by atoms with E-state index in [1.54, 1.807) is 19.2 Å². The number of benzene rings is 1. The lowest BCUT2D eigenvalue weighted by Crippen LogP contribution is -2.18. The van der Waals surface area contributed by atoms with E-state index in [2.05, 4.69) is 5.10 Å². The Morgan fingerprint density at radius 2 is 1.83 bits per heavy atom. The first-order valence-electron chi connectivity index (χ1n) is 5.32. The molecule has 1 aromatic carbocycles. The molecular weight excluding hydrogens is 243 g/mol. The van der Waals surface area contributed by atoms with Gasteiger partial charge in [-0.25, -0.2) is 13.2 Å². The minimum atomic E-state index is -2.62. The highest BCUT2D eigenvalue weighted by Crippen LogP contribution is 2.25. The van der Waals surface area contributed by atoms with E-state index >= 15 is 0 Å². The number of nitrogens with zero attached hydrogens (tertiary/aromatic N) is 2. The van der Waals surface area contributed by atoms with Crippen LogP contribution in [-0.2, 0) is 7.05 Å². The third kappa shape index (κ3) is 2.24. The van der Waals surface area contributed by atoms with E-state index < -0.39 is 18.3 Å². The standard InChI is InChI=1S/C12H12F3N3/c1-18-11(9(13)6-17-18)8-4-2-7(3-5-8)10(16)12(14)15/h2-6,10,12H,16H2,1H3/t10-/m1/s1. The molecule has 0 fully saturated rings. The highest BCUT2D eigenvalue weighted by molar-refractivity contribution is 5.60. The lowest BCUT2D eigenvalue weighted by molar-refractivity contribution is 0.116. The second-order valence-corrected chi connectivity index (χ2v) is 3.95. The molecule has 0 saturated carbocycles. The van der Waals surface area contributed by atoms with Gasteiger partial charge < -0.3 is 5.73 Å². The molecule has 0 aliphatic rings. The van der Waals surface area contributed by atoms with Crippen molar-refractivity contribution in [1.29, 1.82) is 0 Å². The van der Waals surface area contributed by atoms with E-state index in [0.29, 0.717) is 16.8 Å². The predicted octanol–water partition coefficient (Wildman–Crippen LogP) is 2.49. The van der Waals surface area contributed by atoms with Gasteiger partial charge in [0.2, 0.25) is 0 Å². The van der Waals surface area contributed by atoms with E-state index in [-0.39, 0.29) is 0 Å². The third-order valence-electron chi connectivity index (χ3n) is 2.73. The maximum atomic E-state index is 13.5. The highest BCUT2D eigenvalue weighted by atomic mass is 19.3. The summed E-state index contributed by atoms with van der Waals surface area (Å²) in [5, 5.41) is 3.78. The summed E-state index contributed by atoms with van der Waals surface area (Å²) < 4.78 is 39.7. The molecule has 6 heteroatoms. The lowest BCUT2D eigenvalue weighted by atomic mass is 10.0. The first kappa shape index (κ1) is 12.6. The summed E-state index contributed by atoms with van der Waals surface area (Å²) in [6, 6.07) is 4.72. The summed E-state index contributed by atoms with van der Waals surface area (Å²) >= 11 is 0. The summed E-state index contributed by atoms with van der Waals surface area (Å²) in [5.74, 6) is -0.455. The Balaban J connectivity index is 2.34. The van der Waals surface area contributed by atoms with Crippen LogP contribution >= 0.6 is 0 Å². The molecule has 96 valence electrons. The van der Waals surface area contributed by atoms with Crippen molar-refractivity contribution in [3.63, 3.8) is 0 Å². The number of halogens is 3. The molecule has 3 nitrogen and oxygen atoms in total. The van der Waals surface area contributed by atoms with Crippen LogP contribution in [0.25, 0.3) is 11.3 Å². The fraction of sp³-hybridized carbons (Fsp3) is 0.250. The van der Waals surface area contributed by atoms with Gasteiger partial charge in [-0.2, -0.15) is 5.10 Å². The lowest BCUT2D eigenvalue weighted by Gasteiger charge is -2.11. The average molecular weight is 255 g/mol. The SMILES string of the molecule is Cn1ncc(F)c1-c1ccc([C@@H](N)C(F)F)cc1. The number of aryl methyl sites for hydroxylation is 1. The zero-order valence-corrected chi connectivity index (χ0v) is 9.65. The van der Waals surface area contributed by atoms with Gasteiger partial charge in [-0.1, -0.05) is 24.3 Å². The largest absolute Gasteiger partial charge is 0.319 e. The Morgan fingerprint density at radius 3 is 2.28 bits per heavy atom. The van der Waals surface area contributed by atoms with Gasteiger partial charge >= 0.3 is 0 Å². The summed E-state index contributed by atoms with van der Waals surface area (Å²) in [6.07, 6.45) is -1.52. The molecule has 1 atom stereocenters. The number of alkyl halides is 2. The van der Waals surface area contributed by atoms with Crippen molar-refractivity contribution in [3.05, 3.63) is 41.8 Å². The van der Waals surface area contributed by atoms with Crippen LogP contribution in [0.1, 0.15) is 11.6 Å². The monoisotopic (exact) mass is 255 g/mol. The Morgan fingerprint density at radius 1 is 1.22 bits per heavy atom. The molecule has 0 amide bonds. The molecule has 1 aromatic heterocycles. The van der Waals surface area contributed by atoms with E-state index in [4.69, 9.17) is 5.73 Å². The van der Waals surface area contributed by atoms with Crippen LogP contribution in [0.2, 0.25) is 0 Å². The van der Waals surface area contributed by atoms with Crippen LogP contribution in [-0.4, -0.2) is 16.2 Å². The first-order chi connectivity index (χ1) is 8.50. The molecule has 1 heterocycles. The maximum absolute atomic E-state index is 13.5. The summed E-state index contributed by atoms with van der Waals surface area (Å²) in [4.78, 5) is 0. The van der Waals surface area contributed by atoms with Crippen molar-refractivity contribution in [2.45, 2.75) is 12.5 Å². The Bertz CT molecular complexity index is 515. The van der Waals surface area contributed by atoms with Gasteiger partial charge in [-0.3, -0.25) is 4.68 Å². The molecule has 0 radical (unpaired) electrons. The average Bonchev–Trinajstić information content (AvgIpc) is 2.68. The topological polar surface area (TPSA) is 43.8 Å². The smallest absolute Gasteiger partial charge is 0.257 e. The highest BCUT2D eigenvalue weighted by Gasteiger charge is 2.18. The zero-order chi connectivity index (χ0) is 13.3. The molecule has 0 spiro atoms. The van der Waals surface area contributed by atoms with E-state index in [9.17, 15) is 13.2 Å². The molecule has 2 aromatic rings. The normalized spacial score (nSPS) is 13.0. The quantitative estimate of drug-likeness (QED) is 0.915. The number of hydrogen-bond acceptors (Lipinski definition) is 2. The molecule has 2 N–H and O–H groups in total. The number of rotatable bonds is 3. The molecule has 0 unspecified atom stereocenters. The van der Waals surface area contributed by atoms with Gasteiger partial charge in [0.15, 0.2) is 5.82 Å². The number of nitrogens with two attached hydrogens (primary N) is 1. The predicted molar refractivity (Wildman–Crippen MR) is 61.5 cm³/mol. The Hall–Kier alpha value is -1.82. The van der Waals surface area contributed by atoms with Gasteiger partial charge in [0, 0.05) is 12.6 Å². The van der Waals surface area contributed by atoms with Crippen molar-refractivity contribution in [2.24, 2.45) is 12.8 Å². The minimum Gasteiger partial charge on any atom is -0.319 e. The minimum absolute atomic E-state index is 0.312. The van der Waals surface area contributed by atoms with E-state index in [0.717, 1.165) is 6.20 Å². The zero-order valence-electron chi connectivity index (χ0n) is 9.65. The van der Waals surface area contributed by atoms with Crippen molar-refractivity contribution in [1.82, 2.24) is 9.78 Å². The molecule has 2 rings (SSSR count). The molecule has 0 aliphatic heterocycles. The van der Waals surface area contributed by atoms with Gasteiger partial charge in [0.05, 0.1) is 12.2 Å². The van der Waals surface area contributed by atoms with Crippen LogP contribution in [0, 0.1) is 5.82 Å². The van der Waals surface area contributed by atoms with Gasteiger partial charge in [-0.15, -0.1) is 0 Å². The van der Waals surface area contributed by atoms with E-state index in [1.807, 2.05) is 0 Å². The Kier molecular flexibility index (Phi) is 3.38. The molecule has 18 heavy (non-hydrogen) atoms. The maximum Gasteiger partial charge on any atom is 0.257 e. The first-order valence-corrected chi connectivity index (χ1v) is 5.32. The molecule has 0 bridgehead atoms. The summed E-state index contributed by atoms with van der Waals surface area (Å²) in [6.45, 7) is 0. The van der Waals surface area contributed by atoms with Crippen molar-refractivity contribution in [2.75, 3.05) is 0 Å².